The van der Waals surface area contributed by atoms with Crippen molar-refractivity contribution in [1.29, 1.82) is 5.41 Å². The fourth-order valence-corrected chi connectivity index (χ4v) is 4.36. The van der Waals surface area contributed by atoms with Gasteiger partial charge in [-0.25, -0.2) is 0 Å². The molecule has 0 radical (unpaired) electrons. The molecular weight excluding hydrogens is 278 g/mol. The van der Waals surface area contributed by atoms with Crippen molar-refractivity contribution >= 4 is 11.3 Å². The van der Waals surface area contributed by atoms with Crippen molar-refractivity contribution in [2.45, 2.75) is 59.8 Å². The highest BCUT2D eigenvalue weighted by atomic mass is 14.5. The SMILES string of the molecule is CC1=C(C)C(C)C(c2ccccc2C(=N)C2CCCCC2)=C1C. The summed E-state index contributed by atoms with van der Waals surface area (Å²) in [6.45, 7) is 9.05. The first-order valence-electron chi connectivity index (χ1n) is 9.09. The predicted molar refractivity (Wildman–Crippen MR) is 100.0 cm³/mol. The minimum Gasteiger partial charge on any atom is -0.304 e. The van der Waals surface area contributed by atoms with Crippen molar-refractivity contribution in [1.82, 2.24) is 0 Å². The van der Waals surface area contributed by atoms with Gasteiger partial charge in [-0.15, -0.1) is 0 Å². The predicted octanol–water partition coefficient (Wildman–Crippen LogP) is 6.39. The minimum absolute atomic E-state index is 0.456. The van der Waals surface area contributed by atoms with E-state index in [1.54, 1.807) is 0 Å². The molecule has 122 valence electrons. The molecule has 23 heavy (non-hydrogen) atoms. The normalized spacial score (nSPS) is 22.9. The molecule has 2 aliphatic carbocycles. The highest BCUT2D eigenvalue weighted by Crippen LogP contribution is 2.43. The quantitative estimate of drug-likeness (QED) is 0.625. The molecule has 0 saturated heterocycles. The van der Waals surface area contributed by atoms with E-state index in [-0.39, 0.29) is 0 Å². The molecule has 1 atom stereocenters. The standard InChI is InChI=1S/C22H29N/c1-14-15(2)17(4)21(16(14)3)19-12-8-9-13-20(19)22(23)18-10-6-5-7-11-18/h8-9,12-13,16,18,23H,5-7,10-11H2,1-4H3. The second-order valence-corrected chi connectivity index (χ2v) is 7.36. The maximum Gasteiger partial charge on any atom is 0.0423 e. The van der Waals surface area contributed by atoms with Crippen molar-refractivity contribution in [3.63, 3.8) is 0 Å². The Morgan fingerprint density at radius 2 is 1.61 bits per heavy atom. The molecule has 0 heterocycles. The Kier molecular flexibility index (Phi) is 4.57. The van der Waals surface area contributed by atoms with Crippen LogP contribution in [0, 0.1) is 17.2 Å². The van der Waals surface area contributed by atoms with Gasteiger partial charge in [0.15, 0.2) is 0 Å². The van der Waals surface area contributed by atoms with Gasteiger partial charge in [-0.1, -0.05) is 56.0 Å². The average molecular weight is 307 g/mol. The minimum atomic E-state index is 0.456. The summed E-state index contributed by atoms with van der Waals surface area (Å²) < 4.78 is 0. The first kappa shape index (κ1) is 16.2. The van der Waals surface area contributed by atoms with Crippen LogP contribution in [0.15, 0.2) is 41.0 Å². The highest BCUT2D eigenvalue weighted by molar-refractivity contribution is 6.04. The van der Waals surface area contributed by atoms with Gasteiger partial charge >= 0.3 is 0 Å². The van der Waals surface area contributed by atoms with Crippen LogP contribution in [0.3, 0.4) is 0 Å². The molecule has 0 spiro atoms. The summed E-state index contributed by atoms with van der Waals surface area (Å²) >= 11 is 0. The Morgan fingerprint density at radius 3 is 2.22 bits per heavy atom. The van der Waals surface area contributed by atoms with Gasteiger partial charge in [0.05, 0.1) is 0 Å². The maximum atomic E-state index is 8.83. The fraction of sp³-hybridized carbons (Fsp3) is 0.500. The van der Waals surface area contributed by atoms with E-state index in [1.165, 1.54) is 65.5 Å². The maximum absolute atomic E-state index is 8.83. The van der Waals surface area contributed by atoms with Gasteiger partial charge in [-0.05, 0) is 55.9 Å². The van der Waals surface area contributed by atoms with Crippen molar-refractivity contribution in [3.8, 4) is 0 Å². The molecule has 0 aliphatic heterocycles. The Bertz CT molecular complexity index is 684. The Labute approximate surface area is 141 Å². The van der Waals surface area contributed by atoms with Crippen LogP contribution in [0.5, 0.6) is 0 Å². The molecule has 0 amide bonds. The molecule has 1 saturated carbocycles. The fourth-order valence-electron chi connectivity index (χ4n) is 4.36. The van der Waals surface area contributed by atoms with Crippen LogP contribution in [-0.2, 0) is 0 Å². The lowest BCUT2D eigenvalue weighted by Crippen LogP contribution is -2.19. The number of rotatable bonds is 3. The van der Waals surface area contributed by atoms with E-state index >= 15 is 0 Å². The van der Waals surface area contributed by atoms with E-state index in [4.69, 9.17) is 5.41 Å². The van der Waals surface area contributed by atoms with E-state index < -0.39 is 0 Å². The van der Waals surface area contributed by atoms with Crippen LogP contribution in [0.2, 0.25) is 0 Å². The molecule has 1 aromatic carbocycles. The van der Waals surface area contributed by atoms with Gasteiger partial charge in [0.25, 0.3) is 0 Å². The monoisotopic (exact) mass is 307 g/mol. The third kappa shape index (κ3) is 2.82. The van der Waals surface area contributed by atoms with Crippen molar-refractivity contribution in [2.75, 3.05) is 0 Å². The third-order valence-electron chi connectivity index (χ3n) is 6.16. The molecule has 1 nitrogen and oxygen atoms in total. The zero-order valence-electron chi connectivity index (χ0n) is 15.0. The number of nitrogens with one attached hydrogen (secondary N) is 1. The van der Waals surface area contributed by atoms with Crippen molar-refractivity contribution in [2.24, 2.45) is 11.8 Å². The number of allylic oxidation sites excluding steroid dienone is 4. The van der Waals surface area contributed by atoms with Gasteiger partial charge in [-0.3, -0.25) is 0 Å². The lowest BCUT2D eigenvalue weighted by Gasteiger charge is -2.25. The molecular formula is C22H29N. The van der Waals surface area contributed by atoms with Crippen LogP contribution >= 0.6 is 0 Å². The van der Waals surface area contributed by atoms with Gasteiger partial charge in [-0.2, -0.15) is 0 Å². The van der Waals surface area contributed by atoms with E-state index in [0.717, 1.165) is 5.71 Å². The lowest BCUT2D eigenvalue weighted by atomic mass is 9.80. The summed E-state index contributed by atoms with van der Waals surface area (Å²) in [7, 11) is 0. The number of benzene rings is 1. The zero-order valence-corrected chi connectivity index (χ0v) is 15.0. The largest absolute Gasteiger partial charge is 0.304 e. The number of hydrogen-bond donors (Lipinski definition) is 1. The van der Waals surface area contributed by atoms with Crippen LogP contribution < -0.4 is 0 Å². The second-order valence-electron chi connectivity index (χ2n) is 7.36. The zero-order chi connectivity index (χ0) is 16.6. The number of hydrogen-bond acceptors (Lipinski definition) is 1. The molecule has 1 unspecified atom stereocenters. The molecule has 1 N–H and O–H groups in total. The Morgan fingerprint density at radius 1 is 0.957 bits per heavy atom. The van der Waals surface area contributed by atoms with Crippen LogP contribution in [-0.4, -0.2) is 5.71 Å². The Hall–Kier alpha value is -1.63. The molecule has 1 heteroatoms. The molecule has 1 fully saturated rings. The highest BCUT2D eigenvalue weighted by Gasteiger charge is 2.28. The third-order valence-corrected chi connectivity index (χ3v) is 6.16. The Balaban J connectivity index is 2.01. The topological polar surface area (TPSA) is 23.9 Å². The van der Waals surface area contributed by atoms with Crippen LogP contribution in [0.25, 0.3) is 5.57 Å². The average Bonchev–Trinajstić information content (AvgIpc) is 2.78. The summed E-state index contributed by atoms with van der Waals surface area (Å²) in [6.07, 6.45) is 6.30. The smallest absolute Gasteiger partial charge is 0.0423 e. The van der Waals surface area contributed by atoms with Crippen LogP contribution in [0.1, 0.15) is 70.9 Å². The van der Waals surface area contributed by atoms with Gasteiger partial charge in [0.1, 0.15) is 0 Å². The first-order chi connectivity index (χ1) is 11.0. The summed E-state index contributed by atoms with van der Waals surface area (Å²) in [4.78, 5) is 0. The van der Waals surface area contributed by atoms with Gasteiger partial charge in [0, 0.05) is 23.1 Å². The van der Waals surface area contributed by atoms with Crippen molar-refractivity contribution in [3.05, 3.63) is 52.1 Å². The van der Waals surface area contributed by atoms with Gasteiger partial charge < -0.3 is 5.41 Å². The van der Waals surface area contributed by atoms with E-state index in [0.29, 0.717) is 11.8 Å². The molecule has 1 aromatic rings. The molecule has 3 rings (SSSR count). The first-order valence-corrected chi connectivity index (χ1v) is 9.09. The van der Waals surface area contributed by atoms with Gasteiger partial charge in [0.2, 0.25) is 0 Å². The summed E-state index contributed by atoms with van der Waals surface area (Å²) in [5.74, 6) is 0.924. The molecule has 0 bridgehead atoms. The molecule has 2 aliphatic rings. The lowest BCUT2D eigenvalue weighted by molar-refractivity contribution is 0.438. The summed E-state index contributed by atoms with van der Waals surface area (Å²) in [6, 6.07) is 8.62. The molecule has 0 aromatic heterocycles. The second kappa shape index (κ2) is 6.47. The summed E-state index contributed by atoms with van der Waals surface area (Å²) in [5, 5.41) is 8.83. The van der Waals surface area contributed by atoms with E-state index in [2.05, 4.69) is 52.0 Å². The van der Waals surface area contributed by atoms with Crippen molar-refractivity contribution < 1.29 is 0 Å². The van der Waals surface area contributed by atoms with E-state index in [1.807, 2.05) is 0 Å². The van der Waals surface area contributed by atoms with E-state index in [9.17, 15) is 0 Å². The van der Waals surface area contributed by atoms with Crippen LogP contribution in [0.4, 0.5) is 0 Å². The summed E-state index contributed by atoms with van der Waals surface area (Å²) in [5.41, 5.74) is 9.11.